The topological polar surface area (TPSA) is 52.3 Å². The van der Waals surface area contributed by atoms with E-state index in [0.29, 0.717) is 0 Å². The first-order chi connectivity index (χ1) is 8.33. The molecule has 0 saturated carbocycles. The molecule has 0 aliphatic carbocycles. The molecule has 1 fully saturated rings. The predicted molar refractivity (Wildman–Crippen MR) is 71.2 cm³/mol. The van der Waals surface area contributed by atoms with E-state index in [2.05, 4.69) is 14.9 Å². The Kier molecular flexibility index (Phi) is 4.40. The molecular formula is C11H14N4S2. The standard InChI is InChI=1S/C11H14N4S2/c1-16-11-13-6-9(17-11)7-15-5-3-2-4-10(15)14-8-12/h6H,2-5,7H2,1H3. The van der Waals surface area contributed by atoms with Crippen molar-refractivity contribution in [3.63, 3.8) is 0 Å². The van der Waals surface area contributed by atoms with Gasteiger partial charge in [0.05, 0.1) is 6.54 Å². The van der Waals surface area contributed by atoms with Crippen LogP contribution in [0.15, 0.2) is 15.5 Å². The van der Waals surface area contributed by atoms with Crippen LogP contribution in [0.25, 0.3) is 0 Å². The summed E-state index contributed by atoms with van der Waals surface area (Å²) >= 11 is 3.39. The molecule has 1 aliphatic rings. The van der Waals surface area contributed by atoms with E-state index in [1.165, 1.54) is 11.3 Å². The Morgan fingerprint density at radius 2 is 2.53 bits per heavy atom. The van der Waals surface area contributed by atoms with Crippen molar-refractivity contribution in [1.82, 2.24) is 9.88 Å². The van der Waals surface area contributed by atoms with Gasteiger partial charge in [-0.3, -0.25) is 0 Å². The first-order valence-corrected chi connectivity index (χ1v) is 7.57. The quantitative estimate of drug-likeness (QED) is 0.623. The van der Waals surface area contributed by atoms with Gasteiger partial charge < -0.3 is 4.90 Å². The molecule has 0 aromatic carbocycles. The van der Waals surface area contributed by atoms with E-state index in [-0.39, 0.29) is 0 Å². The van der Waals surface area contributed by atoms with Crippen LogP contribution in [0.2, 0.25) is 0 Å². The van der Waals surface area contributed by atoms with Crippen molar-refractivity contribution in [2.24, 2.45) is 4.99 Å². The zero-order valence-corrected chi connectivity index (χ0v) is 11.4. The Morgan fingerprint density at radius 1 is 1.65 bits per heavy atom. The predicted octanol–water partition coefficient (Wildman–Crippen LogP) is 2.73. The molecule has 0 atom stereocenters. The summed E-state index contributed by atoms with van der Waals surface area (Å²) in [6.45, 7) is 1.83. The molecule has 0 unspecified atom stereocenters. The molecule has 17 heavy (non-hydrogen) atoms. The third kappa shape index (κ3) is 3.20. The molecule has 6 heteroatoms. The highest BCUT2D eigenvalue weighted by atomic mass is 32.2. The van der Waals surface area contributed by atoms with Crippen LogP contribution < -0.4 is 0 Å². The number of nitrogens with zero attached hydrogens (tertiary/aromatic N) is 4. The molecule has 2 heterocycles. The van der Waals surface area contributed by atoms with Crippen LogP contribution in [0.3, 0.4) is 0 Å². The first kappa shape index (κ1) is 12.4. The molecule has 0 spiro atoms. The maximum absolute atomic E-state index is 8.67. The molecule has 0 radical (unpaired) electrons. The van der Waals surface area contributed by atoms with Gasteiger partial charge in [-0.25, -0.2) is 4.98 Å². The summed E-state index contributed by atoms with van der Waals surface area (Å²) in [6, 6.07) is 0. The van der Waals surface area contributed by atoms with Gasteiger partial charge in [0.2, 0.25) is 6.19 Å². The van der Waals surface area contributed by atoms with E-state index in [4.69, 9.17) is 5.26 Å². The van der Waals surface area contributed by atoms with E-state index in [1.807, 2.05) is 18.6 Å². The fourth-order valence-corrected chi connectivity index (χ4v) is 3.34. The molecule has 0 amide bonds. The van der Waals surface area contributed by atoms with Crippen molar-refractivity contribution in [1.29, 1.82) is 5.26 Å². The summed E-state index contributed by atoms with van der Waals surface area (Å²) in [7, 11) is 0. The van der Waals surface area contributed by atoms with Crippen molar-refractivity contribution in [2.75, 3.05) is 12.8 Å². The number of hydrogen-bond donors (Lipinski definition) is 0. The van der Waals surface area contributed by atoms with Gasteiger partial charge in [-0.2, -0.15) is 10.3 Å². The SMILES string of the molecule is CSc1ncc(CN2CCCCC2=NC#N)s1. The van der Waals surface area contributed by atoms with Crippen molar-refractivity contribution in [2.45, 2.75) is 30.1 Å². The van der Waals surface area contributed by atoms with Gasteiger partial charge in [-0.05, 0) is 19.1 Å². The summed E-state index contributed by atoms with van der Waals surface area (Å²) in [5.41, 5.74) is 0. The van der Waals surface area contributed by atoms with Gasteiger partial charge in [-0.15, -0.1) is 11.3 Å². The molecular weight excluding hydrogens is 252 g/mol. The van der Waals surface area contributed by atoms with Crippen molar-refractivity contribution in [3.05, 3.63) is 11.1 Å². The fraction of sp³-hybridized carbons (Fsp3) is 0.545. The first-order valence-electron chi connectivity index (χ1n) is 5.53. The number of nitriles is 1. The third-order valence-corrected chi connectivity index (χ3v) is 4.66. The highest BCUT2D eigenvalue weighted by molar-refractivity contribution is 8.00. The summed E-state index contributed by atoms with van der Waals surface area (Å²) in [5.74, 6) is 0.929. The monoisotopic (exact) mass is 266 g/mol. The minimum Gasteiger partial charge on any atom is -0.354 e. The van der Waals surface area contributed by atoms with Crippen molar-refractivity contribution < 1.29 is 0 Å². The second kappa shape index (κ2) is 6.03. The molecule has 90 valence electrons. The number of amidine groups is 1. The van der Waals surface area contributed by atoms with E-state index >= 15 is 0 Å². The third-order valence-electron chi connectivity index (χ3n) is 2.68. The fourth-order valence-electron chi connectivity index (χ4n) is 1.87. The lowest BCUT2D eigenvalue weighted by atomic mass is 10.1. The van der Waals surface area contributed by atoms with Gasteiger partial charge in [0, 0.05) is 24.0 Å². The number of hydrogen-bond acceptors (Lipinski definition) is 5. The van der Waals surface area contributed by atoms with Crippen LogP contribution in [-0.2, 0) is 6.54 Å². The van der Waals surface area contributed by atoms with Crippen LogP contribution in [0.1, 0.15) is 24.1 Å². The Labute approximate surface area is 109 Å². The molecule has 0 bridgehead atoms. The average Bonchev–Trinajstić information content (AvgIpc) is 2.80. The zero-order valence-electron chi connectivity index (χ0n) is 9.72. The number of rotatable bonds is 3. The van der Waals surface area contributed by atoms with E-state index in [0.717, 1.165) is 36.1 Å². The van der Waals surface area contributed by atoms with Crippen LogP contribution in [0.5, 0.6) is 0 Å². The van der Waals surface area contributed by atoms with E-state index in [1.54, 1.807) is 23.1 Å². The summed E-state index contributed by atoms with van der Waals surface area (Å²) in [5, 5.41) is 8.67. The molecule has 4 nitrogen and oxygen atoms in total. The van der Waals surface area contributed by atoms with Crippen LogP contribution in [0.4, 0.5) is 0 Å². The van der Waals surface area contributed by atoms with Gasteiger partial charge in [0.25, 0.3) is 0 Å². The van der Waals surface area contributed by atoms with E-state index < -0.39 is 0 Å². The largest absolute Gasteiger partial charge is 0.354 e. The Hall–Kier alpha value is -1.06. The van der Waals surface area contributed by atoms with Gasteiger partial charge in [0.1, 0.15) is 10.2 Å². The maximum Gasteiger partial charge on any atom is 0.207 e. The Morgan fingerprint density at radius 3 is 3.24 bits per heavy atom. The molecule has 1 aliphatic heterocycles. The second-order valence-corrected chi connectivity index (χ2v) is 5.97. The van der Waals surface area contributed by atoms with Crippen LogP contribution >= 0.6 is 23.1 Å². The van der Waals surface area contributed by atoms with Crippen molar-refractivity contribution in [3.8, 4) is 6.19 Å². The summed E-state index contributed by atoms with van der Waals surface area (Å²) in [6.07, 6.45) is 9.09. The average molecular weight is 266 g/mol. The second-order valence-electron chi connectivity index (χ2n) is 3.80. The molecule has 1 saturated heterocycles. The minimum atomic E-state index is 0.832. The molecule has 2 rings (SSSR count). The Balaban J connectivity index is 2.05. The number of thioether (sulfide) groups is 1. The molecule has 1 aromatic rings. The smallest absolute Gasteiger partial charge is 0.207 e. The van der Waals surface area contributed by atoms with Gasteiger partial charge in [-0.1, -0.05) is 11.8 Å². The summed E-state index contributed by atoms with van der Waals surface area (Å²) in [4.78, 5) is 11.7. The lowest BCUT2D eigenvalue weighted by Gasteiger charge is -2.28. The number of aromatic nitrogens is 1. The highest BCUT2D eigenvalue weighted by Crippen LogP contribution is 2.24. The maximum atomic E-state index is 8.67. The Bertz CT molecular complexity index is 447. The van der Waals surface area contributed by atoms with Crippen LogP contribution in [-0.4, -0.2) is 28.5 Å². The number of thiazole rings is 1. The molecule has 1 aromatic heterocycles. The molecule has 0 N–H and O–H groups in total. The lowest BCUT2D eigenvalue weighted by molar-refractivity contribution is 0.366. The van der Waals surface area contributed by atoms with Gasteiger partial charge in [0.15, 0.2) is 0 Å². The van der Waals surface area contributed by atoms with Gasteiger partial charge >= 0.3 is 0 Å². The number of piperidine rings is 1. The minimum absolute atomic E-state index is 0.832. The normalized spacial score (nSPS) is 18.4. The van der Waals surface area contributed by atoms with Crippen molar-refractivity contribution >= 4 is 28.9 Å². The van der Waals surface area contributed by atoms with Crippen LogP contribution in [0, 0.1) is 11.5 Å². The highest BCUT2D eigenvalue weighted by Gasteiger charge is 2.17. The number of likely N-dealkylation sites (tertiary alicyclic amines) is 1. The lowest BCUT2D eigenvalue weighted by Crippen LogP contribution is -2.34. The van der Waals surface area contributed by atoms with E-state index in [9.17, 15) is 0 Å². The number of aliphatic imine (C=N–C) groups is 1. The zero-order chi connectivity index (χ0) is 12.1. The summed E-state index contributed by atoms with van der Waals surface area (Å²) < 4.78 is 1.09.